The lowest BCUT2D eigenvalue weighted by molar-refractivity contribution is 0.794. The molecule has 0 saturated carbocycles. The summed E-state index contributed by atoms with van der Waals surface area (Å²) in [5.41, 5.74) is 17.6. The molecule has 62 heavy (non-hydrogen) atoms. The average molecular weight is 790 g/mol. The maximum Gasteiger partial charge on any atom is 0.164 e. The van der Waals surface area contributed by atoms with Gasteiger partial charge in [-0.15, -0.1) is 0 Å². The maximum atomic E-state index is 5.40. The zero-order valence-corrected chi connectivity index (χ0v) is 33.4. The minimum atomic E-state index is -0.476. The van der Waals surface area contributed by atoms with Gasteiger partial charge in [-0.05, 0) is 79.5 Å². The quantitative estimate of drug-likeness (QED) is 0.174. The number of benzene rings is 8. The van der Waals surface area contributed by atoms with E-state index in [-0.39, 0.29) is 0 Å². The Morgan fingerprint density at radius 3 is 1.47 bits per heavy atom. The molecular formula is C57H35N5. The van der Waals surface area contributed by atoms with Crippen LogP contribution in [0.4, 0.5) is 0 Å². The summed E-state index contributed by atoms with van der Waals surface area (Å²) in [5.74, 6) is 1.87. The summed E-state index contributed by atoms with van der Waals surface area (Å²) in [6, 6.07) is 73.3. The Kier molecular flexibility index (Phi) is 7.45. The van der Waals surface area contributed by atoms with E-state index in [1.807, 2.05) is 30.3 Å². The summed E-state index contributed by atoms with van der Waals surface area (Å²) in [5, 5.41) is 2.14. The predicted molar refractivity (Wildman–Crippen MR) is 250 cm³/mol. The highest BCUT2D eigenvalue weighted by Gasteiger charge is 2.51. The van der Waals surface area contributed by atoms with Crippen molar-refractivity contribution in [1.82, 2.24) is 24.3 Å². The molecule has 5 heteroatoms. The van der Waals surface area contributed by atoms with Gasteiger partial charge in [0.25, 0.3) is 0 Å². The molecular weight excluding hydrogens is 755 g/mol. The van der Waals surface area contributed by atoms with Gasteiger partial charge >= 0.3 is 0 Å². The van der Waals surface area contributed by atoms with E-state index in [4.69, 9.17) is 19.9 Å². The zero-order chi connectivity index (χ0) is 40.8. The van der Waals surface area contributed by atoms with Gasteiger partial charge in [0, 0.05) is 34.0 Å². The Hall–Kier alpha value is -8.28. The molecule has 3 aromatic heterocycles. The smallest absolute Gasteiger partial charge is 0.164 e. The highest BCUT2D eigenvalue weighted by molar-refractivity contribution is 6.06. The van der Waals surface area contributed by atoms with Gasteiger partial charge in [-0.25, -0.2) is 19.9 Å². The molecule has 1 spiro atoms. The van der Waals surface area contributed by atoms with E-state index < -0.39 is 5.41 Å². The van der Waals surface area contributed by atoms with Crippen molar-refractivity contribution >= 4 is 16.4 Å². The minimum Gasteiger partial charge on any atom is -0.299 e. The van der Waals surface area contributed by atoms with Crippen molar-refractivity contribution < 1.29 is 0 Å². The third kappa shape index (κ3) is 4.90. The molecule has 0 fully saturated rings. The highest BCUT2D eigenvalue weighted by Crippen LogP contribution is 2.63. The first-order chi connectivity index (χ1) is 30.8. The van der Waals surface area contributed by atoms with Crippen LogP contribution in [0.3, 0.4) is 0 Å². The summed E-state index contributed by atoms with van der Waals surface area (Å²) in [4.78, 5) is 21.1. The number of rotatable bonds is 5. The molecule has 2 aliphatic rings. The molecule has 13 rings (SSSR count). The molecule has 5 nitrogen and oxygen atoms in total. The third-order valence-corrected chi connectivity index (χ3v) is 12.9. The minimum absolute atomic E-state index is 0.476. The van der Waals surface area contributed by atoms with Gasteiger partial charge in [-0.2, -0.15) is 0 Å². The van der Waals surface area contributed by atoms with Crippen LogP contribution in [-0.4, -0.2) is 24.3 Å². The number of pyridine rings is 1. The molecule has 0 bridgehead atoms. The maximum absolute atomic E-state index is 5.40. The monoisotopic (exact) mass is 789 g/mol. The molecule has 11 aromatic rings. The van der Waals surface area contributed by atoms with Crippen molar-refractivity contribution in [1.29, 1.82) is 0 Å². The van der Waals surface area contributed by atoms with Crippen molar-refractivity contribution in [2.24, 2.45) is 0 Å². The van der Waals surface area contributed by atoms with Crippen molar-refractivity contribution in [3.63, 3.8) is 0 Å². The fourth-order valence-corrected chi connectivity index (χ4v) is 10.3. The number of nitrogens with zero attached hydrogens (tertiary/aromatic N) is 5. The molecule has 0 saturated heterocycles. The summed E-state index contributed by atoms with van der Waals surface area (Å²) < 4.78 is 2.19. The molecule has 0 N–H and O–H groups in total. The lowest BCUT2D eigenvalue weighted by Gasteiger charge is -2.30. The van der Waals surface area contributed by atoms with Gasteiger partial charge in [0.15, 0.2) is 17.5 Å². The van der Waals surface area contributed by atoms with E-state index in [0.29, 0.717) is 17.5 Å². The molecule has 288 valence electrons. The molecule has 0 amide bonds. The summed E-state index contributed by atoms with van der Waals surface area (Å²) in [6.07, 6.45) is 2.10. The van der Waals surface area contributed by atoms with E-state index in [2.05, 4.69) is 187 Å². The topological polar surface area (TPSA) is 56.0 Å². The van der Waals surface area contributed by atoms with Crippen LogP contribution in [0.25, 0.3) is 95.4 Å². The van der Waals surface area contributed by atoms with E-state index >= 15 is 0 Å². The Morgan fingerprint density at radius 2 is 0.806 bits per heavy atom. The Morgan fingerprint density at radius 1 is 0.323 bits per heavy atom. The molecule has 0 unspecified atom stereocenters. The Balaban J connectivity index is 1.03. The van der Waals surface area contributed by atoms with Crippen molar-refractivity contribution in [2.75, 3.05) is 0 Å². The van der Waals surface area contributed by atoms with Crippen LogP contribution in [0.1, 0.15) is 22.3 Å². The lowest BCUT2D eigenvalue weighted by Crippen LogP contribution is -2.25. The van der Waals surface area contributed by atoms with E-state index in [1.165, 1.54) is 44.5 Å². The van der Waals surface area contributed by atoms with Gasteiger partial charge in [-0.1, -0.05) is 182 Å². The van der Waals surface area contributed by atoms with Crippen LogP contribution in [-0.2, 0) is 5.41 Å². The summed E-state index contributed by atoms with van der Waals surface area (Å²) in [6.45, 7) is 0. The number of fused-ring (bicyclic) bond motifs is 12. The lowest BCUT2D eigenvalue weighted by atomic mass is 9.70. The van der Waals surface area contributed by atoms with Gasteiger partial charge in [0.05, 0.1) is 16.8 Å². The first-order valence-corrected chi connectivity index (χ1v) is 21.1. The molecule has 0 atom stereocenters. The van der Waals surface area contributed by atoms with Crippen molar-refractivity contribution in [3.8, 4) is 78.9 Å². The number of hydrogen-bond donors (Lipinski definition) is 0. The fraction of sp³-hybridized carbons (Fsp3) is 0.0175. The van der Waals surface area contributed by atoms with Gasteiger partial charge < -0.3 is 0 Å². The summed E-state index contributed by atoms with van der Waals surface area (Å²) in [7, 11) is 0. The highest BCUT2D eigenvalue weighted by atomic mass is 15.0. The van der Waals surface area contributed by atoms with Crippen LogP contribution < -0.4 is 0 Å². The van der Waals surface area contributed by atoms with Gasteiger partial charge in [-0.3, -0.25) is 4.40 Å². The van der Waals surface area contributed by atoms with Crippen LogP contribution in [0, 0.1) is 0 Å². The van der Waals surface area contributed by atoms with E-state index in [1.54, 1.807) is 0 Å². The van der Waals surface area contributed by atoms with Crippen LogP contribution >= 0.6 is 0 Å². The summed E-state index contributed by atoms with van der Waals surface area (Å²) >= 11 is 0. The van der Waals surface area contributed by atoms with E-state index in [0.717, 1.165) is 55.6 Å². The standard InChI is InChI=1S/C57H35N5/c1-3-17-36(18-4-1)52-53(62-34-16-15-29-51(62)58-52)45-32-33-46(40-22-8-7-21-39(40)45)56-60-54(37-19-5-2-6-20-37)59-55(61-56)38-30-31-44-43-25-11-14-28-49(43)57(50(44)35-38)47-26-12-9-23-41(47)42-24-10-13-27-48(42)57/h1-35H. The largest absolute Gasteiger partial charge is 0.299 e. The Bertz CT molecular complexity index is 3530. The average Bonchev–Trinajstić information content (AvgIpc) is 3.98. The molecule has 3 heterocycles. The third-order valence-electron chi connectivity index (χ3n) is 12.9. The second-order valence-electron chi connectivity index (χ2n) is 16.1. The van der Waals surface area contributed by atoms with E-state index in [9.17, 15) is 0 Å². The normalized spacial score (nSPS) is 13.0. The molecule has 2 aliphatic carbocycles. The van der Waals surface area contributed by atoms with Crippen LogP contribution in [0.5, 0.6) is 0 Å². The SMILES string of the molecule is c1ccc(-c2nc(-c3ccc4c(c3)C3(c5ccccc5-c5ccccc53)c3ccccc3-4)nc(-c3ccc(-c4c(-c5ccccc5)nc5ccccn45)c4ccccc34)n2)cc1. The molecule has 0 radical (unpaired) electrons. The second-order valence-corrected chi connectivity index (χ2v) is 16.1. The van der Waals surface area contributed by atoms with Crippen LogP contribution in [0.15, 0.2) is 212 Å². The van der Waals surface area contributed by atoms with Crippen molar-refractivity contribution in [2.45, 2.75) is 5.41 Å². The fourth-order valence-electron chi connectivity index (χ4n) is 10.3. The number of hydrogen-bond acceptors (Lipinski definition) is 4. The predicted octanol–water partition coefficient (Wildman–Crippen LogP) is 13.4. The number of aromatic nitrogens is 5. The second kappa shape index (κ2) is 13.4. The zero-order valence-electron chi connectivity index (χ0n) is 33.4. The Labute approximate surface area is 358 Å². The first kappa shape index (κ1) is 34.6. The molecule has 8 aromatic carbocycles. The van der Waals surface area contributed by atoms with Crippen LogP contribution in [0.2, 0.25) is 0 Å². The number of imidazole rings is 1. The van der Waals surface area contributed by atoms with Gasteiger partial charge in [0.2, 0.25) is 0 Å². The molecule has 0 aliphatic heterocycles. The first-order valence-electron chi connectivity index (χ1n) is 21.1. The van der Waals surface area contributed by atoms with Crippen molar-refractivity contribution in [3.05, 3.63) is 235 Å². The van der Waals surface area contributed by atoms with Gasteiger partial charge in [0.1, 0.15) is 5.65 Å².